The van der Waals surface area contributed by atoms with Crippen molar-refractivity contribution in [2.45, 2.75) is 20.4 Å². The lowest BCUT2D eigenvalue weighted by molar-refractivity contribution is 0.0950. The number of nitrogens with zero attached hydrogens (tertiary/aromatic N) is 1. The van der Waals surface area contributed by atoms with Gasteiger partial charge in [0.1, 0.15) is 0 Å². The second kappa shape index (κ2) is 7.86. The number of ether oxygens (including phenoxy) is 1. The number of benzene rings is 2. The lowest BCUT2D eigenvalue weighted by atomic mass is 10.1. The smallest absolute Gasteiger partial charge is 0.411 e. The molecule has 138 valence electrons. The molecule has 1 aromatic heterocycles. The summed E-state index contributed by atoms with van der Waals surface area (Å²) in [5.74, 6) is -0.167. The van der Waals surface area contributed by atoms with Crippen molar-refractivity contribution in [3.05, 3.63) is 70.9 Å². The van der Waals surface area contributed by atoms with Gasteiger partial charge in [-0.3, -0.25) is 15.1 Å². The van der Waals surface area contributed by atoms with Gasteiger partial charge in [-0.05, 0) is 49.7 Å². The van der Waals surface area contributed by atoms with E-state index in [9.17, 15) is 9.59 Å². The molecule has 0 radical (unpaired) electrons. The predicted octanol–water partition coefficient (Wildman–Crippen LogP) is 3.96. The van der Waals surface area contributed by atoms with E-state index in [0.717, 1.165) is 22.0 Å². The second-order valence-electron chi connectivity index (χ2n) is 6.31. The molecular formula is C21H21N3O3. The number of hydrogen-bond acceptors (Lipinski definition) is 4. The first-order chi connectivity index (χ1) is 13.0. The summed E-state index contributed by atoms with van der Waals surface area (Å²) < 4.78 is 4.55. The van der Waals surface area contributed by atoms with Gasteiger partial charge in [-0.25, -0.2) is 4.79 Å². The summed E-state index contributed by atoms with van der Waals surface area (Å²) in [5.41, 5.74) is 4.81. The predicted molar refractivity (Wildman–Crippen MR) is 105 cm³/mol. The van der Waals surface area contributed by atoms with Crippen molar-refractivity contribution in [3.63, 3.8) is 0 Å². The van der Waals surface area contributed by atoms with Gasteiger partial charge in [0.15, 0.2) is 0 Å². The highest BCUT2D eigenvalue weighted by Gasteiger charge is 2.12. The molecule has 2 N–H and O–H groups in total. The van der Waals surface area contributed by atoms with Crippen LogP contribution in [0.15, 0.2) is 48.5 Å². The average molecular weight is 363 g/mol. The lowest BCUT2D eigenvalue weighted by Gasteiger charge is -2.10. The number of aryl methyl sites for hydroxylation is 2. The fourth-order valence-electron chi connectivity index (χ4n) is 2.77. The van der Waals surface area contributed by atoms with Crippen molar-refractivity contribution in [1.29, 1.82) is 0 Å². The molecule has 0 aliphatic rings. The first-order valence-corrected chi connectivity index (χ1v) is 8.56. The Morgan fingerprint density at radius 1 is 1.04 bits per heavy atom. The van der Waals surface area contributed by atoms with Gasteiger partial charge in [0, 0.05) is 17.6 Å². The number of rotatable bonds is 4. The minimum absolute atomic E-state index is 0.167. The van der Waals surface area contributed by atoms with Crippen LogP contribution in [0.5, 0.6) is 0 Å². The molecule has 0 bridgehead atoms. The Kier molecular flexibility index (Phi) is 5.35. The van der Waals surface area contributed by atoms with Crippen LogP contribution in [0.25, 0.3) is 10.9 Å². The third kappa shape index (κ3) is 4.41. The molecule has 2 amide bonds. The number of carbonyl (C=O) groups excluding carboxylic acids is 2. The molecule has 2 aromatic carbocycles. The molecule has 0 atom stereocenters. The van der Waals surface area contributed by atoms with E-state index in [1.165, 1.54) is 7.11 Å². The molecule has 6 heteroatoms. The molecular weight excluding hydrogens is 342 g/mol. The summed E-state index contributed by atoms with van der Waals surface area (Å²) in [6.45, 7) is 4.22. The zero-order valence-corrected chi connectivity index (χ0v) is 15.5. The molecule has 0 aliphatic heterocycles. The maximum Gasteiger partial charge on any atom is 0.411 e. The molecule has 0 saturated carbocycles. The van der Waals surface area contributed by atoms with E-state index >= 15 is 0 Å². The van der Waals surface area contributed by atoms with Gasteiger partial charge >= 0.3 is 6.09 Å². The highest BCUT2D eigenvalue weighted by Crippen LogP contribution is 2.18. The van der Waals surface area contributed by atoms with Gasteiger partial charge in [-0.2, -0.15) is 0 Å². The van der Waals surface area contributed by atoms with Crippen molar-refractivity contribution < 1.29 is 14.3 Å². The van der Waals surface area contributed by atoms with E-state index < -0.39 is 6.09 Å². The van der Waals surface area contributed by atoms with Gasteiger partial charge in [-0.15, -0.1) is 0 Å². The van der Waals surface area contributed by atoms with Crippen molar-refractivity contribution >= 4 is 28.6 Å². The summed E-state index contributed by atoms with van der Waals surface area (Å²) in [5, 5.41) is 6.45. The third-order valence-electron chi connectivity index (χ3n) is 4.24. The highest BCUT2D eigenvalue weighted by molar-refractivity contribution is 5.98. The van der Waals surface area contributed by atoms with Crippen molar-refractivity contribution in [1.82, 2.24) is 10.3 Å². The first-order valence-electron chi connectivity index (χ1n) is 8.56. The van der Waals surface area contributed by atoms with E-state index in [4.69, 9.17) is 0 Å². The number of methoxy groups -OCH3 is 1. The summed E-state index contributed by atoms with van der Waals surface area (Å²) in [6, 6.07) is 15.0. The number of carbonyl (C=O) groups is 2. The fraction of sp³-hybridized carbons (Fsp3) is 0.190. The van der Waals surface area contributed by atoms with Crippen LogP contribution in [0.4, 0.5) is 10.5 Å². The maximum absolute atomic E-state index is 12.6. The molecule has 0 aliphatic carbocycles. The normalized spacial score (nSPS) is 10.5. The van der Waals surface area contributed by atoms with Crippen LogP contribution in [0.1, 0.15) is 27.2 Å². The molecule has 27 heavy (non-hydrogen) atoms. The molecule has 0 fully saturated rings. The number of nitrogens with one attached hydrogen (secondary N) is 2. The molecule has 0 unspecified atom stereocenters. The van der Waals surface area contributed by atoms with Crippen LogP contribution in [-0.4, -0.2) is 24.1 Å². The monoisotopic (exact) mass is 363 g/mol. The number of anilines is 1. The molecule has 3 rings (SSSR count). The van der Waals surface area contributed by atoms with Gasteiger partial charge in [0.2, 0.25) is 0 Å². The lowest BCUT2D eigenvalue weighted by Crippen LogP contribution is -2.24. The number of aromatic nitrogens is 1. The van der Waals surface area contributed by atoms with E-state index in [2.05, 4.69) is 20.4 Å². The number of amides is 2. The Balaban J connectivity index is 1.69. The van der Waals surface area contributed by atoms with E-state index in [-0.39, 0.29) is 5.91 Å². The van der Waals surface area contributed by atoms with E-state index in [0.29, 0.717) is 23.5 Å². The van der Waals surface area contributed by atoms with Crippen molar-refractivity contribution in [2.24, 2.45) is 0 Å². The van der Waals surface area contributed by atoms with Crippen LogP contribution in [0.3, 0.4) is 0 Å². The maximum atomic E-state index is 12.6. The van der Waals surface area contributed by atoms with E-state index in [1.54, 1.807) is 12.1 Å². The minimum Gasteiger partial charge on any atom is -0.453 e. The zero-order chi connectivity index (χ0) is 19.4. The van der Waals surface area contributed by atoms with Gasteiger partial charge in [-0.1, -0.05) is 23.8 Å². The first kappa shape index (κ1) is 18.4. The zero-order valence-electron chi connectivity index (χ0n) is 15.5. The highest BCUT2D eigenvalue weighted by atomic mass is 16.5. The molecule has 1 heterocycles. The fourth-order valence-corrected chi connectivity index (χ4v) is 2.77. The Bertz CT molecular complexity index is 997. The quantitative estimate of drug-likeness (QED) is 0.735. The van der Waals surface area contributed by atoms with Crippen molar-refractivity contribution in [3.8, 4) is 0 Å². The Hall–Kier alpha value is -3.41. The Morgan fingerprint density at radius 2 is 1.78 bits per heavy atom. The standard InChI is InChI=1S/C21H21N3O3/c1-13-4-9-19-16(10-13)11-18(14(2)23-19)20(25)22-12-15-5-7-17(8-6-15)24-21(26)27-3/h4-11H,12H2,1-3H3,(H,22,25)(H,24,26). The van der Waals surface area contributed by atoms with Crippen LogP contribution < -0.4 is 10.6 Å². The van der Waals surface area contributed by atoms with Gasteiger partial charge in [0.05, 0.1) is 23.9 Å². The summed E-state index contributed by atoms with van der Waals surface area (Å²) in [6.07, 6.45) is -0.523. The van der Waals surface area contributed by atoms with E-state index in [1.807, 2.05) is 50.2 Å². The van der Waals surface area contributed by atoms with Gasteiger partial charge in [0.25, 0.3) is 5.91 Å². The third-order valence-corrected chi connectivity index (χ3v) is 4.24. The summed E-state index contributed by atoms with van der Waals surface area (Å²) in [7, 11) is 1.31. The minimum atomic E-state index is -0.523. The van der Waals surface area contributed by atoms with Crippen LogP contribution in [0.2, 0.25) is 0 Å². The topological polar surface area (TPSA) is 80.3 Å². The molecule has 3 aromatic rings. The average Bonchev–Trinajstić information content (AvgIpc) is 2.67. The molecule has 6 nitrogen and oxygen atoms in total. The Morgan fingerprint density at radius 3 is 2.48 bits per heavy atom. The van der Waals surface area contributed by atoms with Crippen molar-refractivity contribution in [2.75, 3.05) is 12.4 Å². The number of hydrogen-bond donors (Lipinski definition) is 2. The SMILES string of the molecule is COC(=O)Nc1ccc(CNC(=O)c2cc3cc(C)ccc3nc2C)cc1. The second-order valence-corrected chi connectivity index (χ2v) is 6.31. The molecule has 0 spiro atoms. The van der Waals surface area contributed by atoms with Crippen LogP contribution >= 0.6 is 0 Å². The number of pyridine rings is 1. The largest absolute Gasteiger partial charge is 0.453 e. The van der Waals surface area contributed by atoms with Crippen LogP contribution in [0, 0.1) is 13.8 Å². The summed E-state index contributed by atoms with van der Waals surface area (Å²) in [4.78, 5) is 28.3. The van der Waals surface area contributed by atoms with Gasteiger partial charge < -0.3 is 10.1 Å². The summed E-state index contributed by atoms with van der Waals surface area (Å²) >= 11 is 0. The number of fused-ring (bicyclic) bond motifs is 1. The van der Waals surface area contributed by atoms with Crippen LogP contribution in [-0.2, 0) is 11.3 Å². The Labute approximate surface area is 157 Å². The molecule has 0 saturated heterocycles.